The molecule has 3 heterocycles. The number of nitrogens with two attached hydrogens (primary N) is 2. The highest BCUT2D eigenvalue weighted by molar-refractivity contribution is 6.06. The highest BCUT2D eigenvalue weighted by Gasteiger charge is 2.24. The van der Waals surface area contributed by atoms with Crippen LogP contribution in [0.5, 0.6) is 0 Å². The number of imide groups is 1. The van der Waals surface area contributed by atoms with Crippen molar-refractivity contribution in [2.24, 2.45) is 23.3 Å². The third kappa shape index (κ3) is 7.57. The van der Waals surface area contributed by atoms with E-state index in [1.54, 1.807) is 16.7 Å². The van der Waals surface area contributed by atoms with E-state index in [4.69, 9.17) is 15.9 Å². The second kappa shape index (κ2) is 14.5. The Balaban J connectivity index is 1.14. The molecular formula is C36H45N7O4. The molecule has 2 unspecified atom stereocenters. The first kappa shape index (κ1) is 33.9. The molecule has 0 saturated carbocycles. The lowest BCUT2D eigenvalue weighted by atomic mass is 10.0. The fourth-order valence-corrected chi connectivity index (χ4v) is 5.97. The summed E-state index contributed by atoms with van der Waals surface area (Å²) in [6.07, 6.45) is 4.69. The van der Waals surface area contributed by atoms with Gasteiger partial charge in [-0.15, -0.1) is 0 Å². The van der Waals surface area contributed by atoms with Gasteiger partial charge in [-0.25, -0.2) is 0 Å². The van der Waals surface area contributed by atoms with Crippen LogP contribution in [-0.2, 0) is 11.2 Å². The van der Waals surface area contributed by atoms with Gasteiger partial charge in [0, 0.05) is 48.8 Å². The summed E-state index contributed by atoms with van der Waals surface area (Å²) in [5.41, 5.74) is 16.1. The summed E-state index contributed by atoms with van der Waals surface area (Å²) in [5, 5.41) is 13.5. The molecule has 0 bridgehead atoms. The summed E-state index contributed by atoms with van der Waals surface area (Å²) in [6.45, 7) is 12.1. The quantitative estimate of drug-likeness (QED) is 0.203. The average molecular weight is 640 g/mol. The molecule has 1 fully saturated rings. The Morgan fingerprint density at radius 2 is 1.66 bits per heavy atom. The number of amides is 2. The molecule has 11 nitrogen and oxygen atoms in total. The number of unbranched alkanes of at least 4 members (excludes halogenated alkanes) is 1. The largest absolute Gasteiger partial charge is 0.451 e. The number of hydrogen-bond donors (Lipinski definition) is 3. The lowest BCUT2D eigenvalue weighted by Crippen LogP contribution is -2.46. The number of aryl methyl sites for hydroxylation is 1. The van der Waals surface area contributed by atoms with E-state index in [9.17, 15) is 19.6 Å². The van der Waals surface area contributed by atoms with E-state index in [2.05, 4.69) is 21.2 Å². The summed E-state index contributed by atoms with van der Waals surface area (Å²) in [6, 6.07) is 13.8. The first-order chi connectivity index (χ1) is 22.5. The van der Waals surface area contributed by atoms with Gasteiger partial charge in [0.1, 0.15) is 5.58 Å². The number of rotatable bonds is 11. The van der Waals surface area contributed by atoms with Gasteiger partial charge in [0.15, 0.2) is 5.76 Å². The molecular weight excluding hydrogens is 594 g/mol. The van der Waals surface area contributed by atoms with Crippen molar-refractivity contribution in [1.29, 1.82) is 5.26 Å². The molecule has 1 aliphatic rings. The van der Waals surface area contributed by atoms with Gasteiger partial charge in [-0.2, -0.15) is 5.26 Å². The number of furan rings is 1. The minimum Gasteiger partial charge on any atom is -0.451 e. The van der Waals surface area contributed by atoms with Crippen LogP contribution < -0.4 is 21.7 Å². The number of piperazine rings is 1. The average Bonchev–Trinajstić information content (AvgIpc) is 3.66. The van der Waals surface area contributed by atoms with Crippen molar-refractivity contribution in [3.63, 3.8) is 0 Å². The number of carbonyl (C=O) groups excluding carboxylic acids is 3. The molecule has 47 heavy (non-hydrogen) atoms. The summed E-state index contributed by atoms with van der Waals surface area (Å²) in [4.78, 5) is 42.7. The van der Waals surface area contributed by atoms with Crippen LogP contribution in [0.25, 0.3) is 21.9 Å². The number of fused-ring (bicyclic) bond motifs is 2. The van der Waals surface area contributed by atoms with Crippen LogP contribution in [0, 0.1) is 23.2 Å². The molecule has 0 spiro atoms. The first-order valence-corrected chi connectivity index (χ1v) is 16.4. The lowest BCUT2D eigenvalue weighted by Gasteiger charge is -2.36. The van der Waals surface area contributed by atoms with Crippen LogP contribution >= 0.6 is 0 Å². The predicted octanol–water partition coefficient (Wildman–Crippen LogP) is 4.27. The number of anilines is 1. The molecule has 0 aliphatic carbocycles. The van der Waals surface area contributed by atoms with Gasteiger partial charge in [-0.3, -0.25) is 29.2 Å². The highest BCUT2D eigenvalue weighted by atomic mass is 16.3. The zero-order valence-electron chi connectivity index (χ0n) is 27.7. The van der Waals surface area contributed by atoms with E-state index in [0.717, 1.165) is 79.5 Å². The third-order valence-electron chi connectivity index (χ3n) is 9.15. The van der Waals surface area contributed by atoms with Gasteiger partial charge < -0.3 is 20.8 Å². The van der Waals surface area contributed by atoms with E-state index in [-0.39, 0.29) is 23.5 Å². The van der Waals surface area contributed by atoms with Gasteiger partial charge in [-0.1, -0.05) is 27.7 Å². The zero-order chi connectivity index (χ0) is 33.8. The fourth-order valence-electron chi connectivity index (χ4n) is 5.97. The molecule has 5 N–H and O–H groups in total. The Bertz CT molecular complexity index is 1810. The maximum absolute atomic E-state index is 13.1. The molecule has 248 valence electrons. The van der Waals surface area contributed by atoms with Crippen LogP contribution in [-0.4, -0.2) is 72.0 Å². The topological polar surface area (TPSA) is 164 Å². The molecule has 1 aliphatic heterocycles. The van der Waals surface area contributed by atoms with Gasteiger partial charge >= 0.3 is 0 Å². The Morgan fingerprint density at radius 3 is 2.34 bits per heavy atom. The fraction of sp³-hybridized carbons (Fsp3) is 0.444. The molecule has 0 radical (unpaired) electrons. The van der Waals surface area contributed by atoms with Crippen molar-refractivity contribution >= 4 is 45.3 Å². The van der Waals surface area contributed by atoms with Crippen molar-refractivity contribution in [3.8, 4) is 6.07 Å². The summed E-state index contributed by atoms with van der Waals surface area (Å²) in [7, 11) is 0. The smallest absolute Gasteiger partial charge is 0.293 e. The molecule has 2 amide bonds. The number of nitriles is 1. The van der Waals surface area contributed by atoms with E-state index < -0.39 is 23.9 Å². The maximum Gasteiger partial charge on any atom is 0.293 e. The van der Waals surface area contributed by atoms with Gasteiger partial charge in [0.05, 0.1) is 29.2 Å². The number of nitrogens with one attached hydrogen (secondary N) is 1. The van der Waals surface area contributed by atoms with Gasteiger partial charge in [0.2, 0.25) is 11.8 Å². The third-order valence-corrected chi connectivity index (χ3v) is 9.15. The van der Waals surface area contributed by atoms with Gasteiger partial charge in [0.25, 0.3) is 5.91 Å². The number of carbonyl (C=O) groups is 3. The standard InChI is InChI=1S/C36H45N7O4/c1-22(2)32(38)35(45)40-34(44)31-19-26-18-27(9-11-30(26)47-31)42-15-13-41(14-16-42)12-6-5-7-25-21-43(36(46)33(39)23(3)4)29-10-8-24(20-37)17-28(25)29/h8-11,17-19,21-23,32-33H,5-7,12-16,38-39H2,1-4H3,(H,40,44,45). The number of nitrogens with zero attached hydrogens (tertiary/aromatic N) is 4. The SMILES string of the molecule is CC(C)C(N)C(=O)NC(=O)c1cc2cc(N3CCN(CCCCc4cn(C(=O)C(N)C(C)C)c5ccc(C#N)cc45)CC3)ccc2o1. The Kier molecular flexibility index (Phi) is 10.4. The number of aromatic nitrogens is 1. The minimum absolute atomic E-state index is 0.0227. The van der Waals surface area contributed by atoms with Crippen LogP contribution in [0.15, 0.2) is 53.1 Å². The molecule has 1 saturated heterocycles. The normalized spacial score (nSPS) is 15.3. The van der Waals surface area contributed by atoms with Crippen LogP contribution in [0.4, 0.5) is 5.69 Å². The van der Waals surface area contributed by atoms with Crippen LogP contribution in [0.1, 0.15) is 67.0 Å². The van der Waals surface area contributed by atoms with Crippen molar-refractivity contribution in [1.82, 2.24) is 14.8 Å². The first-order valence-electron chi connectivity index (χ1n) is 16.4. The van der Waals surface area contributed by atoms with Crippen molar-refractivity contribution in [2.45, 2.75) is 59.0 Å². The van der Waals surface area contributed by atoms with Crippen molar-refractivity contribution < 1.29 is 18.8 Å². The molecule has 2 atom stereocenters. The monoisotopic (exact) mass is 639 g/mol. The Labute approximate surface area is 275 Å². The van der Waals surface area contributed by atoms with E-state index in [0.29, 0.717) is 11.1 Å². The molecule has 2 aromatic heterocycles. The summed E-state index contributed by atoms with van der Waals surface area (Å²) >= 11 is 0. The molecule has 4 aromatic rings. The second-order valence-corrected chi connectivity index (χ2v) is 13.2. The van der Waals surface area contributed by atoms with Crippen LogP contribution in [0.2, 0.25) is 0 Å². The Hall–Kier alpha value is -4.50. The predicted molar refractivity (Wildman–Crippen MR) is 183 cm³/mol. The van der Waals surface area contributed by atoms with E-state index >= 15 is 0 Å². The minimum atomic E-state index is -0.772. The Morgan fingerprint density at radius 1 is 0.936 bits per heavy atom. The van der Waals surface area contributed by atoms with Gasteiger partial charge in [-0.05, 0) is 85.7 Å². The van der Waals surface area contributed by atoms with E-state index in [1.165, 1.54) is 0 Å². The molecule has 11 heteroatoms. The maximum atomic E-state index is 13.1. The van der Waals surface area contributed by atoms with Crippen LogP contribution in [0.3, 0.4) is 0 Å². The second-order valence-electron chi connectivity index (χ2n) is 13.2. The van der Waals surface area contributed by atoms with Crippen molar-refractivity contribution in [2.75, 3.05) is 37.6 Å². The number of hydrogen-bond acceptors (Lipinski definition) is 9. The van der Waals surface area contributed by atoms with E-state index in [1.807, 2.05) is 64.2 Å². The highest BCUT2D eigenvalue weighted by Crippen LogP contribution is 2.27. The summed E-state index contributed by atoms with van der Waals surface area (Å²) in [5.74, 6) is -1.24. The summed E-state index contributed by atoms with van der Waals surface area (Å²) < 4.78 is 7.38. The molecule has 2 aromatic carbocycles. The zero-order valence-corrected chi connectivity index (χ0v) is 27.7. The van der Waals surface area contributed by atoms with Crippen molar-refractivity contribution in [3.05, 3.63) is 65.5 Å². The number of benzene rings is 2. The molecule has 5 rings (SSSR count). The lowest BCUT2D eigenvalue weighted by molar-refractivity contribution is -0.122.